The van der Waals surface area contributed by atoms with Gasteiger partial charge >= 0.3 is 0 Å². The summed E-state index contributed by atoms with van der Waals surface area (Å²) in [6.07, 6.45) is 0. The third-order valence-corrected chi connectivity index (χ3v) is 3.32. The molecule has 0 aliphatic carbocycles. The summed E-state index contributed by atoms with van der Waals surface area (Å²) in [6.45, 7) is 6.44. The molecule has 0 saturated heterocycles. The quantitative estimate of drug-likeness (QED) is 0.592. The fraction of sp³-hybridized carbons (Fsp3) is 0.333. The van der Waals surface area contributed by atoms with Crippen LogP contribution in [0.25, 0.3) is 0 Å². The number of aromatic nitrogens is 2. The molecule has 1 aromatic rings. The molecule has 1 rings (SSSR count). The van der Waals surface area contributed by atoms with Crippen LogP contribution in [-0.2, 0) is 0 Å². The smallest absolute Gasteiger partial charge is 0.164 e. The summed E-state index contributed by atoms with van der Waals surface area (Å²) in [5.74, 6) is 3.22. The van der Waals surface area contributed by atoms with Crippen molar-refractivity contribution in [3.8, 4) is 11.5 Å². The van der Waals surface area contributed by atoms with Crippen molar-refractivity contribution < 1.29 is 0 Å². The lowest BCUT2D eigenvalue weighted by Crippen LogP contribution is -2.16. The Balaban J connectivity index is 3.15. The van der Waals surface area contributed by atoms with Crippen LogP contribution in [0.4, 0.5) is 5.82 Å². The van der Waals surface area contributed by atoms with Gasteiger partial charge in [-0.15, -0.1) is 5.54 Å². The van der Waals surface area contributed by atoms with Crippen LogP contribution >= 0.6 is 27.5 Å². The van der Waals surface area contributed by atoms with E-state index >= 15 is 0 Å². The van der Waals surface area contributed by atoms with E-state index in [1.807, 2.05) is 0 Å². The van der Waals surface area contributed by atoms with Gasteiger partial charge in [-0.2, -0.15) is 0 Å². The summed E-state index contributed by atoms with van der Waals surface area (Å²) >= 11 is 8.92. The van der Waals surface area contributed by atoms with Crippen molar-refractivity contribution in [2.45, 2.75) is 19.6 Å². The Morgan fingerprint density at radius 3 is 2.47 bits per heavy atom. The second kappa shape index (κ2) is 4.52. The van der Waals surface area contributed by atoms with Gasteiger partial charge in [0.05, 0.1) is 0 Å². The van der Waals surface area contributed by atoms with E-state index in [9.17, 15) is 0 Å². The molecule has 0 spiro atoms. The molecule has 3 nitrogen and oxygen atoms in total. The zero-order valence-corrected chi connectivity index (χ0v) is 12.1. The van der Waals surface area contributed by atoms with Gasteiger partial charge in [-0.3, -0.25) is 0 Å². The van der Waals surface area contributed by atoms with Crippen LogP contribution < -0.4 is 5.73 Å². The molecule has 0 bridgehead atoms. The van der Waals surface area contributed by atoms with Crippen molar-refractivity contribution in [3.63, 3.8) is 0 Å². The maximum Gasteiger partial charge on any atom is 0.164 e. The van der Waals surface area contributed by atoms with Crippen molar-refractivity contribution in [2.24, 2.45) is 0 Å². The standard InChI is InChI=1S/C9H11BrClN3Si/c1-15(2,3)5-4-6-9(12)14-8(11)7(10)13-6/h1-3H3,(H2,12,14). The monoisotopic (exact) mass is 303 g/mol. The molecule has 1 heterocycles. The lowest BCUT2D eigenvalue weighted by Gasteiger charge is -2.04. The molecule has 0 saturated carbocycles. The number of rotatable bonds is 0. The Kier molecular flexibility index (Phi) is 3.76. The van der Waals surface area contributed by atoms with Crippen LogP contribution in [0.3, 0.4) is 0 Å². The third kappa shape index (κ3) is 3.82. The van der Waals surface area contributed by atoms with E-state index in [1.54, 1.807) is 0 Å². The first kappa shape index (κ1) is 12.5. The van der Waals surface area contributed by atoms with Crippen LogP contribution in [0.2, 0.25) is 24.8 Å². The summed E-state index contributed by atoms with van der Waals surface area (Å²) in [5, 5.41) is 0.256. The Labute approximate surface area is 104 Å². The van der Waals surface area contributed by atoms with E-state index < -0.39 is 8.07 Å². The number of anilines is 1. The molecular weight excluding hydrogens is 294 g/mol. The fourth-order valence-corrected chi connectivity index (χ4v) is 1.64. The van der Waals surface area contributed by atoms with E-state index in [0.29, 0.717) is 10.3 Å². The van der Waals surface area contributed by atoms with E-state index in [2.05, 4.69) is 57.0 Å². The highest BCUT2D eigenvalue weighted by Crippen LogP contribution is 2.20. The minimum absolute atomic E-state index is 0.256. The molecule has 0 unspecified atom stereocenters. The van der Waals surface area contributed by atoms with Gasteiger partial charge in [-0.25, -0.2) is 9.97 Å². The minimum Gasteiger partial charge on any atom is -0.381 e. The SMILES string of the molecule is C[Si](C)(C)C#Cc1nc(Br)c(Cl)nc1N. The molecule has 2 N–H and O–H groups in total. The van der Waals surface area contributed by atoms with Crippen molar-refractivity contribution in [1.82, 2.24) is 9.97 Å². The van der Waals surface area contributed by atoms with E-state index in [4.69, 9.17) is 17.3 Å². The molecule has 15 heavy (non-hydrogen) atoms. The Hall–Kier alpha value is -0.573. The number of nitrogens with two attached hydrogens (primary N) is 1. The molecule has 0 amide bonds. The summed E-state index contributed by atoms with van der Waals surface area (Å²) in [6, 6.07) is 0. The Morgan fingerprint density at radius 1 is 1.33 bits per heavy atom. The number of hydrogen-bond donors (Lipinski definition) is 1. The molecule has 80 valence electrons. The maximum absolute atomic E-state index is 5.74. The molecular formula is C9H11BrClN3Si. The van der Waals surface area contributed by atoms with Crippen molar-refractivity contribution in [1.29, 1.82) is 0 Å². The summed E-state index contributed by atoms with van der Waals surface area (Å²) < 4.78 is 0.471. The third-order valence-electron chi connectivity index (χ3n) is 1.40. The van der Waals surface area contributed by atoms with Crippen molar-refractivity contribution in [3.05, 3.63) is 15.5 Å². The average Bonchev–Trinajstić information content (AvgIpc) is 2.07. The zero-order valence-electron chi connectivity index (χ0n) is 8.73. The van der Waals surface area contributed by atoms with E-state index in [1.165, 1.54) is 0 Å². The van der Waals surface area contributed by atoms with Crippen LogP contribution in [-0.4, -0.2) is 18.0 Å². The number of nitrogen functional groups attached to an aromatic ring is 1. The van der Waals surface area contributed by atoms with E-state index in [-0.39, 0.29) is 11.0 Å². The number of halogens is 2. The van der Waals surface area contributed by atoms with Gasteiger partial charge in [0.15, 0.2) is 16.7 Å². The molecule has 0 atom stereocenters. The van der Waals surface area contributed by atoms with Crippen LogP contribution in [0, 0.1) is 11.5 Å². The normalized spacial score (nSPS) is 10.7. The van der Waals surface area contributed by atoms with Gasteiger partial charge in [-0.1, -0.05) is 37.2 Å². The first-order chi connectivity index (χ1) is 6.79. The largest absolute Gasteiger partial charge is 0.381 e. The van der Waals surface area contributed by atoms with Crippen molar-refractivity contribution in [2.75, 3.05) is 5.73 Å². The summed E-state index contributed by atoms with van der Waals surface area (Å²) in [7, 11) is -1.43. The van der Waals surface area contributed by atoms with Gasteiger partial charge in [0, 0.05) is 0 Å². The molecule has 0 fully saturated rings. The highest BCUT2D eigenvalue weighted by Gasteiger charge is 2.10. The first-order valence-electron chi connectivity index (χ1n) is 4.31. The summed E-state index contributed by atoms with van der Waals surface area (Å²) in [5.41, 5.74) is 9.30. The predicted octanol–water partition coefficient (Wildman–Crippen LogP) is 2.70. The molecule has 1 aromatic heterocycles. The highest BCUT2D eigenvalue weighted by atomic mass is 79.9. The molecule has 6 heteroatoms. The number of nitrogens with zero attached hydrogens (tertiary/aromatic N) is 2. The van der Waals surface area contributed by atoms with Gasteiger partial charge in [-0.05, 0) is 15.9 Å². The maximum atomic E-state index is 5.74. The van der Waals surface area contributed by atoms with Crippen LogP contribution in [0.5, 0.6) is 0 Å². The lowest BCUT2D eigenvalue weighted by atomic mass is 10.4. The topological polar surface area (TPSA) is 51.8 Å². The first-order valence-corrected chi connectivity index (χ1v) is 8.98. The second-order valence-corrected chi connectivity index (χ2v) is 9.90. The van der Waals surface area contributed by atoms with Gasteiger partial charge in [0.1, 0.15) is 12.7 Å². The minimum atomic E-state index is -1.43. The van der Waals surface area contributed by atoms with E-state index in [0.717, 1.165) is 0 Å². The van der Waals surface area contributed by atoms with Crippen LogP contribution in [0.15, 0.2) is 4.60 Å². The summed E-state index contributed by atoms with van der Waals surface area (Å²) in [4.78, 5) is 8.04. The van der Waals surface area contributed by atoms with Gasteiger partial charge in [0.25, 0.3) is 0 Å². The van der Waals surface area contributed by atoms with Crippen LogP contribution in [0.1, 0.15) is 5.69 Å². The molecule has 0 aliphatic rings. The molecule has 0 aromatic carbocycles. The average molecular weight is 305 g/mol. The Bertz CT molecular complexity index is 445. The fourth-order valence-electron chi connectivity index (χ4n) is 0.745. The molecule has 0 aliphatic heterocycles. The Morgan fingerprint density at radius 2 is 1.93 bits per heavy atom. The lowest BCUT2D eigenvalue weighted by molar-refractivity contribution is 1.15. The second-order valence-electron chi connectivity index (χ2n) is 4.04. The van der Waals surface area contributed by atoms with Gasteiger partial charge in [0.2, 0.25) is 0 Å². The zero-order chi connectivity index (χ0) is 11.6. The van der Waals surface area contributed by atoms with Crippen molar-refractivity contribution >= 4 is 41.4 Å². The highest BCUT2D eigenvalue weighted by molar-refractivity contribution is 9.10. The predicted molar refractivity (Wildman–Crippen MR) is 69.4 cm³/mol. The van der Waals surface area contributed by atoms with Gasteiger partial charge < -0.3 is 5.73 Å². The number of hydrogen-bond acceptors (Lipinski definition) is 3. The molecule has 0 radical (unpaired) electrons.